The SMILES string of the molecule is CCn1c(OCC2CCC(F)(F)CC2)nn2c(C3CCOCC3)ncc2c1=O. The van der Waals surface area contributed by atoms with Gasteiger partial charge in [-0.1, -0.05) is 0 Å². The number of aromatic nitrogens is 4. The Hall–Kier alpha value is -2.03. The molecule has 28 heavy (non-hydrogen) atoms. The van der Waals surface area contributed by atoms with Crippen LogP contribution in [0.3, 0.4) is 0 Å². The van der Waals surface area contributed by atoms with Crippen LogP contribution in [0.1, 0.15) is 57.2 Å². The van der Waals surface area contributed by atoms with Gasteiger partial charge in [-0.15, -0.1) is 5.10 Å². The Bertz CT molecular complexity index is 879. The first kappa shape index (κ1) is 19.3. The lowest BCUT2D eigenvalue weighted by Crippen LogP contribution is -2.30. The van der Waals surface area contributed by atoms with Crippen molar-refractivity contribution in [3.8, 4) is 6.01 Å². The molecule has 0 atom stereocenters. The first-order chi connectivity index (χ1) is 13.5. The minimum Gasteiger partial charge on any atom is -0.463 e. The van der Waals surface area contributed by atoms with E-state index in [1.807, 2.05) is 6.92 Å². The van der Waals surface area contributed by atoms with E-state index in [4.69, 9.17) is 9.47 Å². The molecule has 154 valence electrons. The van der Waals surface area contributed by atoms with Gasteiger partial charge in [0.25, 0.3) is 5.56 Å². The molecule has 9 heteroatoms. The minimum absolute atomic E-state index is 0.0512. The van der Waals surface area contributed by atoms with Crippen LogP contribution < -0.4 is 10.3 Å². The highest BCUT2D eigenvalue weighted by atomic mass is 19.3. The number of halogens is 2. The van der Waals surface area contributed by atoms with E-state index in [0.717, 1.165) is 18.7 Å². The van der Waals surface area contributed by atoms with Crippen molar-refractivity contribution in [1.82, 2.24) is 19.2 Å². The molecule has 1 saturated carbocycles. The Balaban J connectivity index is 1.59. The molecule has 2 aliphatic rings. The first-order valence-electron chi connectivity index (χ1n) is 10.1. The van der Waals surface area contributed by atoms with Gasteiger partial charge in [-0.25, -0.2) is 18.3 Å². The third kappa shape index (κ3) is 3.76. The fourth-order valence-electron chi connectivity index (χ4n) is 4.05. The van der Waals surface area contributed by atoms with Gasteiger partial charge in [0, 0.05) is 38.5 Å². The third-order valence-electron chi connectivity index (χ3n) is 5.83. The number of ether oxygens (including phenoxy) is 2. The summed E-state index contributed by atoms with van der Waals surface area (Å²) < 4.78 is 41.1. The predicted molar refractivity (Wildman–Crippen MR) is 98.1 cm³/mol. The fraction of sp³-hybridized carbons (Fsp3) is 0.737. The van der Waals surface area contributed by atoms with Gasteiger partial charge in [0.05, 0.1) is 12.8 Å². The fourth-order valence-corrected chi connectivity index (χ4v) is 4.05. The lowest BCUT2D eigenvalue weighted by atomic mass is 9.87. The quantitative estimate of drug-likeness (QED) is 0.777. The molecule has 1 aliphatic heterocycles. The van der Waals surface area contributed by atoms with Gasteiger partial charge in [0.1, 0.15) is 5.82 Å². The molecular formula is C19H26F2N4O3. The third-order valence-corrected chi connectivity index (χ3v) is 5.83. The van der Waals surface area contributed by atoms with Gasteiger partial charge >= 0.3 is 6.01 Å². The van der Waals surface area contributed by atoms with E-state index in [0.29, 0.717) is 38.1 Å². The van der Waals surface area contributed by atoms with Crippen molar-refractivity contribution >= 4 is 5.52 Å². The van der Waals surface area contributed by atoms with Crippen molar-refractivity contribution in [1.29, 1.82) is 0 Å². The second-order valence-corrected chi connectivity index (χ2v) is 7.74. The Morgan fingerprint density at radius 3 is 2.64 bits per heavy atom. The van der Waals surface area contributed by atoms with Crippen molar-refractivity contribution < 1.29 is 18.3 Å². The Kier molecular flexibility index (Phi) is 5.35. The van der Waals surface area contributed by atoms with Gasteiger partial charge in [0.2, 0.25) is 5.92 Å². The van der Waals surface area contributed by atoms with Crippen molar-refractivity contribution in [2.45, 2.75) is 63.8 Å². The average molecular weight is 396 g/mol. The Labute approximate surface area is 161 Å². The number of hydrogen-bond acceptors (Lipinski definition) is 5. The zero-order valence-corrected chi connectivity index (χ0v) is 16.1. The first-order valence-corrected chi connectivity index (χ1v) is 10.1. The Morgan fingerprint density at radius 1 is 1.25 bits per heavy atom. The van der Waals surface area contributed by atoms with Gasteiger partial charge in [-0.05, 0) is 38.5 Å². The molecule has 0 spiro atoms. The molecule has 2 fully saturated rings. The maximum absolute atomic E-state index is 13.4. The zero-order valence-electron chi connectivity index (χ0n) is 16.1. The largest absolute Gasteiger partial charge is 0.463 e. The highest BCUT2D eigenvalue weighted by molar-refractivity contribution is 5.43. The summed E-state index contributed by atoms with van der Waals surface area (Å²) in [6.07, 6.45) is 3.87. The molecule has 1 saturated heterocycles. The van der Waals surface area contributed by atoms with E-state index < -0.39 is 5.92 Å². The van der Waals surface area contributed by atoms with Crippen LogP contribution in [0.15, 0.2) is 11.0 Å². The topological polar surface area (TPSA) is 70.7 Å². The normalized spacial score (nSPS) is 21.2. The average Bonchev–Trinajstić information content (AvgIpc) is 3.12. The Morgan fingerprint density at radius 2 is 1.96 bits per heavy atom. The molecular weight excluding hydrogens is 370 g/mol. The molecule has 4 rings (SSSR count). The summed E-state index contributed by atoms with van der Waals surface area (Å²) in [5.74, 6) is -1.57. The molecule has 1 aliphatic carbocycles. The summed E-state index contributed by atoms with van der Waals surface area (Å²) in [6.45, 7) is 3.89. The summed E-state index contributed by atoms with van der Waals surface area (Å²) in [4.78, 5) is 17.3. The number of rotatable bonds is 5. The second kappa shape index (κ2) is 7.77. The lowest BCUT2D eigenvalue weighted by Gasteiger charge is -2.28. The molecule has 7 nitrogen and oxygen atoms in total. The molecule has 2 aromatic rings. The van der Waals surface area contributed by atoms with Crippen molar-refractivity contribution in [3.05, 3.63) is 22.4 Å². The summed E-state index contributed by atoms with van der Waals surface area (Å²) in [6, 6.07) is 0.226. The minimum atomic E-state index is -2.56. The maximum atomic E-state index is 13.4. The molecule has 0 radical (unpaired) electrons. The van der Waals surface area contributed by atoms with Gasteiger partial charge in [-0.3, -0.25) is 9.36 Å². The van der Waals surface area contributed by atoms with E-state index in [2.05, 4.69) is 10.1 Å². The highest BCUT2D eigenvalue weighted by Crippen LogP contribution is 2.36. The van der Waals surface area contributed by atoms with Crippen LogP contribution in [0, 0.1) is 5.92 Å². The number of fused-ring (bicyclic) bond motifs is 1. The van der Waals surface area contributed by atoms with Gasteiger partial charge in [0.15, 0.2) is 5.52 Å². The summed E-state index contributed by atoms with van der Waals surface area (Å²) in [5.41, 5.74) is 0.224. The zero-order chi connectivity index (χ0) is 19.7. The maximum Gasteiger partial charge on any atom is 0.317 e. The number of hydrogen-bond donors (Lipinski definition) is 0. The van der Waals surface area contributed by atoms with Gasteiger partial charge < -0.3 is 9.47 Å². The molecule has 0 unspecified atom stereocenters. The standard InChI is InChI=1S/C19H26F2N4O3/c1-2-24-17(26)15-11-22-16(14-5-9-27-10-6-14)25(15)23-18(24)28-12-13-3-7-19(20,21)8-4-13/h11,13-14H,2-10,12H2,1H3. The van der Waals surface area contributed by atoms with Crippen molar-refractivity contribution in [2.75, 3.05) is 19.8 Å². The van der Waals surface area contributed by atoms with Crippen LogP contribution in [0.4, 0.5) is 8.78 Å². The molecule has 0 bridgehead atoms. The van der Waals surface area contributed by atoms with Crippen molar-refractivity contribution in [2.24, 2.45) is 5.92 Å². The van der Waals surface area contributed by atoms with Crippen molar-refractivity contribution in [3.63, 3.8) is 0 Å². The lowest BCUT2D eigenvalue weighted by molar-refractivity contribution is -0.0503. The van der Waals surface area contributed by atoms with Crippen LogP contribution in [0.2, 0.25) is 0 Å². The van der Waals surface area contributed by atoms with E-state index in [-0.39, 0.29) is 42.9 Å². The summed E-state index contributed by atoms with van der Waals surface area (Å²) >= 11 is 0. The highest BCUT2D eigenvalue weighted by Gasteiger charge is 2.35. The molecule has 0 amide bonds. The molecule has 0 aromatic carbocycles. The molecule has 3 heterocycles. The number of imidazole rings is 1. The van der Waals surface area contributed by atoms with E-state index in [1.165, 1.54) is 4.57 Å². The number of alkyl halides is 2. The van der Waals surface area contributed by atoms with Crippen LogP contribution in [0.25, 0.3) is 5.52 Å². The predicted octanol–water partition coefficient (Wildman–Crippen LogP) is 3.01. The molecule has 2 aromatic heterocycles. The van der Waals surface area contributed by atoms with Crippen LogP contribution in [-0.4, -0.2) is 44.9 Å². The van der Waals surface area contributed by atoms with Crippen LogP contribution >= 0.6 is 0 Å². The van der Waals surface area contributed by atoms with E-state index >= 15 is 0 Å². The van der Waals surface area contributed by atoms with E-state index in [9.17, 15) is 13.6 Å². The van der Waals surface area contributed by atoms with E-state index in [1.54, 1.807) is 10.7 Å². The smallest absolute Gasteiger partial charge is 0.317 e. The monoisotopic (exact) mass is 396 g/mol. The van der Waals surface area contributed by atoms with Gasteiger partial charge in [-0.2, -0.15) is 0 Å². The number of nitrogens with zero attached hydrogens (tertiary/aromatic N) is 4. The van der Waals surface area contributed by atoms with Crippen LogP contribution in [-0.2, 0) is 11.3 Å². The summed E-state index contributed by atoms with van der Waals surface area (Å²) in [7, 11) is 0. The molecule has 0 N–H and O–H groups in total. The van der Waals surface area contributed by atoms with Crippen LogP contribution in [0.5, 0.6) is 6.01 Å². The summed E-state index contributed by atoms with van der Waals surface area (Å²) in [5, 5.41) is 4.56. The second-order valence-electron chi connectivity index (χ2n) is 7.74.